The SMILES string of the molecule is CCOc1cc(N)cc(C(=O)Nc2ccc(Br)cc2Br)c1. The Labute approximate surface area is 139 Å². The van der Waals surface area contributed by atoms with Gasteiger partial charge in [-0.15, -0.1) is 0 Å². The van der Waals surface area contributed by atoms with Gasteiger partial charge in [-0.3, -0.25) is 4.79 Å². The van der Waals surface area contributed by atoms with Crippen molar-refractivity contribution >= 4 is 49.1 Å². The lowest BCUT2D eigenvalue weighted by molar-refractivity contribution is 0.102. The quantitative estimate of drug-likeness (QED) is 0.728. The number of nitrogens with one attached hydrogen (secondary N) is 1. The average Bonchev–Trinajstić information content (AvgIpc) is 2.41. The van der Waals surface area contributed by atoms with E-state index in [4.69, 9.17) is 10.5 Å². The number of hydrogen-bond donors (Lipinski definition) is 2. The molecule has 110 valence electrons. The summed E-state index contributed by atoms with van der Waals surface area (Å²) in [5.74, 6) is 0.337. The second-order valence-electron chi connectivity index (χ2n) is 4.30. The summed E-state index contributed by atoms with van der Waals surface area (Å²) in [7, 11) is 0. The molecule has 0 aliphatic carbocycles. The van der Waals surface area contributed by atoms with E-state index in [1.54, 1.807) is 18.2 Å². The van der Waals surface area contributed by atoms with Crippen molar-refractivity contribution in [1.29, 1.82) is 0 Å². The Kier molecular flexibility index (Phi) is 5.25. The first kappa shape index (κ1) is 15.9. The standard InChI is InChI=1S/C15H14Br2N2O2/c1-2-21-12-6-9(5-11(18)8-12)15(20)19-14-4-3-10(16)7-13(14)17/h3-8H,2,18H2,1H3,(H,19,20). The van der Waals surface area contributed by atoms with Crippen LogP contribution in [0.5, 0.6) is 5.75 Å². The van der Waals surface area contributed by atoms with Crippen molar-refractivity contribution in [2.45, 2.75) is 6.92 Å². The number of ether oxygens (including phenoxy) is 1. The van der Waals surface area contributed by atoms with Crippen LogP contribution < -0.4 is 15.8 Å². The number of nitrogen functional groups attached to an aromatic ring is 1. The van der Waals surface area contributed by atoms with E-state index in [1.165, 1.54) is 0 Å². The molecule has 2 aromatic carbocycles. The third kappa shape index (κ3) is 4.22. The Balaban J connectivity index is 2.23. The van der Waals surface area contributed by atoms with E-state index >= 15 is 0 Å². The lowest BCUT2D eigenvalue weighted by Gasteiger charge is -2.10. The molecule has 3 N–H and O–H groups in total. The summed E-state index contributed by atoms with van der Waals surface area (Å²) in [5.41, 5.74) is 7.42. The molecular weight excluding hydrogens is 400 g/mol. The zero-order valence-electron chi connectivity index (χ0n) is 11.3. The van der Waals surface area contributed by atoms with Gasteiger partial charge in [-0.1, -0.05) is 15.9 Å². The number of carbonyl (C=O) groups is 1. The summed E-state index contributed by atoms with van der Waals surface area (Å²) in [6.45, 7) is 2.39. The van der Waals surface area contributed by atoms with E-state index in [1.807, 2.05) is 25.1 Å². The largest absolute Gasteiger partial charge is 0.494 e. The van der Waals surface area contributed by atoms with E-state index in [2.05, 4.69) is 37.2 Å². The Morgan fingerprint density at radius 1 is 1.24 bits per heavy atom. The van der Waals surface area contributed by atoms with Gasteiger partial charge in [-0.25, -0.2) is 0 Å². The fourth-order valence-electron chi connectivity index (χ4n) is 1.79. The number of hydrogen-bond acceptors (Lipinski definition) is 3. The van der Waals surface area contributed by atoms with Crippen molar-refractivity contribution in [3.05, 3.63) is 50.9 Å². The van der Waals surface area contributed by atoms with E-state index < -0.39 is 0 Å². The molecule has 0 bridgehead atoms. The number of carbonyl (C=O) groups excluding carboxylic acids is 1. The molecule has 0 spiro atoms. The monoisotopic (exact) mass is 412 g/mol. The molecule has 2 aromatic rings. The van der Waals surface area contributed by atoms with Gasteiger partial charge in [0.2, 0.25) is 0 Å². The molecule has 2 rings (SSSR count). The molecule has 0 heterocycles. The maximum absolute atomic E-state index is 12.3. The smallest absolute Gasteiger partial charge is 0.255 e. The molecule has 0 atom stereocenters. The normalized spacial score (nSPS) is 10.2. The summed E-state index contributed by atoms with van der Waals surface area (Å²) >= 11 is 6.78. The number of halogens is 2. The highest BCUT2D eigenvalue weighted by Crippen LogP contribution is 2.27. The first-order chi connectivity index (χ1) is 9.99. The molecule has 0 aliphatic rings. The molecule has 0 saturated heterocycles. The number of anilines is 2. The second kappa shape index (κ2) is 6.95. The van der Waals surface area contributed by atoms with Crippen molar-refractivity contribution in [3.8, 4) is 5.75 Å². The fourth-order valence-corrected chi connectivity index (χ4v) is 2.93. The van der Waals surface area contributed by atoms with Gasteiger partial charge in [0.1, 0.15) is 5.75 Å². The van der Waals surface area contributed by atoms with Crippen LogP contribution in [0.25, 0.3) is 0 Å². The van der Waals surface area contributed by atoms with Crippen molar-refractivity contribution in [2.24, 2.45) is 0 Å². The third-order valence-corrected chi connectivity index (χ3v) is 3.83. The van der Waals surface area contributed by atoms with Crippen LogP contribution in [0.2, 0.25) is 0 Å². The Morgan fingerprint density at radius 2 is 2.00 bits per heavy atom. The molecule has 21 heavy (non-hydrogen) atoms. The predicted molar refractivity (Wildman–Crippen MR) is 91.8 cm³/mol. The zero-order chi connectivity index (χ0) is 15.4. The maximum Gasteiger partial charge on any atom is 0.255 e. The van der Waals surface area contributed by atoms with Gasteiger partial charge in [0.05, 0.1) is 12.3 Å². The lowest BCUT2D eigenvalue weighted by Crippen LogP contribution is -2.13. The summed E-state index contributed by atoms with van der Waals surface area (Å²) in [6, 6.07) is 10.5. The van der Waals surface area contributed by atoms with Gasteiger partial charge in [0.15, 0.2) is 0 Å². The Bertz CT molecular complexity index is 675. The summed E-state index contributed by atoms with van der Waals surface area (Å²) in [4.78, 5) is 12.3. The molecule has 6 heteroatoms. The second-order valence-corrected chi connectivity index (χ2v) is 6.07. The topological polar surface area (TPSA) is 64.3 Å². The van der Waals surface area contributed by atoms with Crippen LogP contribution >= 0.6 is 31.9 Å². The number of amides is 1. The molecule has 0 aromatic heterocycles. The van der Waals surface area contributed by atoms with Crippen LogP contribution in [0.4, 0.5) is 11.4 Å². The van der Waals surface area contributed by atoms with E-state index in [9.17, 15) is 4.79 Å². The van der Waals surface area contributed by atoms with Gasteiger partial charge in [-0.2, -0.15) is 0 Å². The molecule has 0 radical (unpaired) electrons. The molecule has 0 aliphatic heterocycles. The minimum Gasteiger partial charge on any atom is -0.494 e. The van der Waals surface area contributed by atoms with Crippen LogP contribution in [-0.4, -0.2) is 12.5 Å². The van der Waals surface area contributed by atoms with Crippen LogP contribution in [0.15, 0.2) is 45.3 Å². The van der Waals surface area contributed by atoms with E-state index in [0.717, 1.165) is 8.95 Å². The lowest BCUT2D eigenvalue weighted by atomic mass is 10.1. The van der Waals surface area contributed by atoms with Crippen molar-refractivity contribution in [1.82, 2.24) is 0 Å². The van der Waals surface area contributed by atoms with Gasteiger partial charge in [0, 0.05) is 26.3 Å². The number of rotatable bonds is 4. The maximum atomic E-state index is 12.3. The Morgan fingerprint density at radius 3 is 2.67 bits per heavy atom. The molecular formula is C15H14Br2N2O2. The minimum absolute atomic E-state index is 0.244. The van der Waals surface area contributed by atoms with Gasteiger partial charge in [0.25, 0.3) is 5.91 Å². The Hall–Kier alpha value is -1.53. The van der Waals surface area contributed by atoms with E-state index in [0.29, 0.717) is 29.3 Å². The van der Waals surface area contributed by atoms with Crippen LogP contribution in [0, 0.1) is 0 Å². The molecule has 0 unspecified atom stereocenters. The first-order valence-electron chi connectivity index (χ1n) is 6.29. The summed E-state index contributed by atoms with van der Waals surface area (Å²) in [5, 5.41) is 2.83. The van der Waals surface area contributed by atoms with Gasteiger partial charge >= 0.3 is 0 Å². The minimum atomic E-state index is -0.244. The van der Waals surface area contributed by atoms with Crippen LogP contribution in [0.3, 0.4) is 0 Å². The molecule has 1 amide bonds. The highest BCUT2D eigenvalue weighted by molar-refractivity contribution is 9.11. The number of benzene rings is 2. The number of nitrogens with two attached hydrogens (primary N) is 1. The van der Waals surface area contributed by atoms with Crippen molar-refractivity contribution < 1.29 is 9.53 Å². The van der Waals surface area contributed by atoms with Gasteiger partial charge < -0.3 is 15.8 Å². The first-order valence-corrected chi connectivity index (χ1v) is 7.88. The highest BCUT2D eigenvalue weighted by atomic mass is 79.9. The van der Waals surface area contributed by atoms with Crippen LogP contribution in [0.1, 0.15) is 17.3 Å². The van der Waals surface area contributed by atoms with Crippen LogP contribution in [-0.2, 0) is 0 Å². The highest BCUT2D eigenvalue weighted by Gasteiger charge is 2.11. The third-order valence-electron chi connectivity index (χ3n) is 2.68. The fraction of sp³-hybridized carbons (Fsp3) is 0.133. The average molecular weight is 414 g/mol. The molecule has 0 fully saturated rings. The van der Waals surface area contributed by atoms with Crippen molar-refractivity contribution in [3.63, 3.8) is 0 Å². The van der Waals surface area contributed by atoms with Crippen molar-refractivity contribution in [2.75, 3.05) is 17.7 Å². The molecule has 4 nitrogen and oxygen atoms in total. The van der Waals surface area contributed by atoms with Gasteiger partial charge in [-0.05, 0) is 53.2 Å². The zero-order valence-corrected chi connectivity index (χ0v) is 14.5. The predicted octanol–water partition coefficient (Wildman–Crippen LogP) is 4.44. The summed E-state index contributed by atoms with van der Waals surface area (Å²) < 4.78 is 7.11. The summed E-state index contributed by atoms with van der Waals surface area (Å²) in [6.07, 6.45) is 0. The van der Waals surface area contributed by atoms with E-state index in [-0.39, 0.29) is 5.91 Å². The molecule has 0 saturated carbocycles.